The summed E-state index contributed by atoms with van der Waals surface area (Å²) in [5.41, 5.74) is 9.55. The van der Waals surface area contributed by atoms with Gasteiger partial charge in [0.05, 0.1) is 5.69 Å². The van der Waals surface area contributed by atoms with Crippen LogP contribution in [0.4, 0.5) is 5.13 Å². The Morgan fingerprint density at radius 2 is 2.29 bits per heavy atom. The van der Waals surface area contributed by atoms with Crippen molar-refractivity contribution in [2.24, 2.45) is 0 Å². The number of hydrogen-bond acceptors (Lipinski definition) is 4. The van der Waals surface area contributed by atoms with Crippen molar-refractivity contribution < 1.29 is 0 Å². The van der Waals surface area contributed by atoms with Gasteiger partial charge in [-0.3, -0.25) is 4.90 Å². The van der Waals surface area contributed by atoms with Gasteiger partial charge in [-0.15, -0.1) is 11.3 Å². The SMILES string of the molecule is Cc1cccc(CN2Cc3nc(N)sc3C2)c1. The molecule has 0 saturated carbocycles. The molecule has 3 rings (SSSR count). The van der Waals surface area contributed by atoms with Crippen molar-refractivity contribution in [3.63, 3.8) is 0 Å². The molecule has 2 N–H and O–H groups in total. The first-order valence-electron chi connectivity index (χ1n) is 5.72. The first-order chi connectivity index (χ1) is 8.20. The molecule has 0 saturated heterocycles. The van der Waals surface area contributed by atoms with Crippen LogP contribution in [0.25, 0.3) is 0 Å². The zero-order chi connectivity index (χ0) is 11.8. The van der Waals surface area contributed by atoms with Gasteiger partial charge in [0, 0.05) is 24.5 Å². The monoisotopic (exact) mass is 245 g/mol. The predicted octanol–water partition coefficient (Wildman–Crippen LogP) is 2.55. The first kappa shape index (κ1) is 10.7. The van der Waals surface area contributed by atoms with Gasteiger partial charge < -0.3 is 5.73 Å². The van der Waals surface area contributed by atoms with Crippen molar-refractivity contribution in [2.45, 2.75) is 26.6 Å². The largest absolute Gasteiger partial charge is 0.375 e. The van der Waals surface area contributed by atoms with Crippen molar-refractivity contribution in [1.82, 2.24) is 9.88 Å². The lowest BCUT2D eigenvalue weighted by Gasteiger charge is -2.14. The highest BCUT2D eigenvalue weighted by Crippen LogP contribution is 2.30. The lowest BCUT2D eigenvalue weighted by atomic mass is 10.1. The zero-order valence-electron chi connectivity index (χ0n) is 9.81. The summed E-state index contributed by atoms with van der Waals surface area (Å²) in [6, 6.07) is 8.68. The Bertz CT molecular complexity index is 524. The molecule has 2 aromatic rings. The van der Waals surface area contributed by atoms with Crippen LogP contribution in [-0.2, 0) is 19.6 Å². The number of hydrogen-bond donors (Lipinski definition) is 1. The van der Waals surface area contributed by atoms with Gasteiger partial charge in [-0.2, -0.15) is 0 Å². The fraction of sp³-hybridized carbons (Fsp3) is 0.308. The quantitative estimate of drug-likeness (QED) is 0.884. The van der Waals surface area contributed by atoms with Gasteiger partial charge in [0.2, 0.25) is 0 Å². The highest BCUT2D eigenvalue weighted by atomic mass is 32.1. The van der Waals surface area contributed by atoms with E-state index in [4.69, 9.17) is 5.73 Å². The Balaban J connectivity index is 1.71. The van der Waals surface area contributed by atoms with Crippen LogP contribution < -0.4 is 5.73 Å². The van der Waals surface area contributed by atoms with Crippen LogP contribution in [0, 0.1) is 6.92 Å². The van der Waals surface area contributed by atoms with Gasteiger partial charge in [-0.1, -0.05) is 29.8 Å². The van der Waals surface area contributed by atoms with Crippen molar-refractivity contribution in [3.05, 3.63) is 46.0 Å². The van der Waals surface area contributed by atoms with Crippen LogP contribution in [0.5, 0.6) is 0 Å². The molecule has 0 fully saturated rings. The maximum atomic E-state index is 5.70. The molecule has 0 aliphatic carbocycles. The highest BCUT2D eigenvalue weighted by molar-refractivity contribution is 7.15. The second-order valence-electron chi connectivity index (χ2n) is 4.56. The van der Waals surface area contributed by atoms with E-state index < -0.39 is 0 Å². The molecule has 3 nitrogen and oxygen atoms in total. The van der Waals surface area contributed by atoms with Crippen LogP contribution in [0.15, 0.2) is 24.3 Å². The summed E-state index contributed by atoms with van der Waals surface area (Å²) in [5, 5.41) is 0.699. The summed E-state index contributed by atoms with van der Waals surface area (Å²) in [4.78, 5) is 8.09. The normalized spacial score (nSPS) is 15.1. The summed E-state index contributed by atoms with van der Waals surface area (Å²) in [6.07, 6.45) is 0. The maximum Gasteiger partial charge on any atom is 0.180 e. The number of thiazole rings is 1. The number of fused-ring (bicyclic) bond motifs is 1. The number of aromatic nitrogens is 1. The average molecular weight is 245 g/mol. The number of nitrogen functional groups attached to an aromatic ring is 1. The Morgan fingerprint density at radius 3 is 3.06 bits per heavy atom. The van der Waals surface area contributed by atoms with Gasteiger partial charge in [-0.05, 0) is 12.5 Å². The van der Waals surface area contributed by atoms with E-state index in [1.807, 2.05) is 0 Å². The molecular weight excluding hydrogens is 230 g/mol. The minimum atomic E-state index is 0.699. The lowest BCUT2D eigenvalue weighted by Crippen LogP contribution is -2.16. The van der Waals surface area contributed by atoms with Gasteiger partial charge in [0.15, 0.2) is 5.13 Å². The smallest absolute Gasteiger partial charge is 0.180 e. The molecule has 0 bridgehead atoms. The zero-order valence-corrected chi connectivity index (χ0v) is 10.6. The number of aryl methyl sites for hydroxylation is 1. The third-order valence-corrected chi connectivity index (χ3v) is 3.94. The predicted molar refractivity (Wildman–Crippen MR) is 70.7 cm³/mol. The van der Waals surface area contributed by atoms with E-state index in [-0.39, 0.29) is 0 Å². The van der Waals surface area contributed by atoms with Crippen molar-refractivity contribution in [2.75, 3.05) is 5.73 Å². The number of benzene rings is 1. The molecule has 1 aliphatic rings. The van der Waals surface area contributed by atoms with Crippen molar-refractivity contribution in [3.8, 4) is 0 Å². The Kier molecular flexibility index (Phi) is 2.61. The fourth-order valence-electron chi connectivity index (χ4n) is 2.30. The van der Waals surface area contributed by atoms with E-state index in [0.717, 1.165) is 19.6 Å². The molecule has 0 amide bonds. The molecule has 1 aliphatic heterocycles. The molecule has 0 radical (unpaired) electrons. The Labute approximate surface area is 105 Å². The Hall–Kier alpha value is -1.39. The van der Waals surface area contributed by atoms with Crippen LogP contribution in [-0.4, -0.2) is 9.88 Å². The van der Waals surface area contributed by atoms with Gasteiger partial charge >= 0.3 is 0 Å². The molecule has 88 valence electrons. The van der Waals surface area contributed by atoms with Gasteiger partial charge in [0.1, 0.15) is 0 Å². The molecular formula is C13H15N3S. The van der Waals surface area contributed by atoms with E-state index in [1.165, 1.54) is 21.7 Å². The van der Waals surface area contributed by atoms with E-state index >= 15 is 0 Å². The molecule has 4 heteroatoms. The lowest BCUT2D eigenvalue weighted by molar-refractivity contribution is 0.274. The molecule has 1 aromatic heterocycles. The van der Waals surface area contributed by atoms with Crippen molar-refractivity contribution >= 4 is 16.5 Å². The number of anilines is 1. The van der Waals surface area contributed by atoms with E-state index in [9.17, 15) is 0 Å². The molecule has 0 unspecified atom stereocenters. The van der Waals surface area contributed by atoms with E-state index in [1.54, 1.807) is 11.3 Å². The van der Waals surface area contributed by atoms with E-state index in [0.29, 0.717) is 5.13 Å². The summed E-state index contributed by atoms with van der Waals surface area (Å²) in [5.74, 6) is 0. The molecule has 17 heavy (non-hydrogen) atoms. The highest BCUT2D eigenvalue weighted by Gasteiger charge is 2.22. The summed E-state index contributed by atoms with van der Waals surface area (Å²) in [7, 11) is 0. The maximum absolute atomic E-state index is 5.70. The second-order valence-corrected chi connectivity index (χ2v) is 5.67. The number of nitrogens with zero attached hydrogens (tertiary/aromatic N) is 2. The summed E-state index contributed by atoms with van der Waals surface area (Å²) < 4.78 is 0. The van der Waals surface area contributed by atoms with E-state index in [2.05, 4.69) is 41.1 Å². The second kappa shape index (κ2) is 4.13. The van der Waals surface area contributed by atoms with Crippen LogP contribution in [0.1, 0.15) is 21.7 Å². The van der Waals surface area contributed by atoms with Crippen LogP contribution in [0.2, 0.25) is 0 Å². The summed E-state index contributed by atoms with van der Waals surface area (Å²) in [6.45, 7) is 5.03. The molecule has 0 atom stereocenters. The first-order valence-corrected chi connectivity index (χ1v) is 6.54. The molecule has 1 aromatic carbocycles. The average Bonchev–Trinajstić information content (AvgIpc) is 2.74. The minimum absolute atomic E-state index is 0.699. The van der Waals surface area contributed by atoms with Gasteiger partial charge in [-0.25, -0.2) is 4.98 Å². The summed E-state index contributed by atoms with van der Waals surface area (Å²) >= 11 is 1.62. The number of rotatable bonds is 2. The number of nitrogens with two attached hydrogens (primary N) is 1. The standard InChI is InChI=1S/C13H15N3S/c1-9-3-2-4-10(5-9)6-16-7-11-12(8-16)17-13(14)15-11/h2-5H,6-8H2,1H3,(H2,14,15). The fourth-order valence-corrected chi connectivity index (χ4v) is 3.19. The minimum Gasteiger partial charge on any atom is -0.375 e. The van der Waals surface area contributed by atoms with Crippen molar-refractivity contribution in [1.29, 1.82) is 0 Å². The Morgan fingerprint density at radius 1 is 1.41 bits per heavy atom. The third-order valence-electron chi connectivity index (χ3n) is 3.02. The van der Waals surface area contributed by atoms with Gasteiger partial charge in [0.25, 0.3) is 0 Å². The third kappa shape index (κ3) is 2.18. The molecule has 0 spiro atoms. The topological polar surface area (TPSA) is 42.2 Å². The van der Waals surface area contributed by atoms with Crippen LogP contribution in [0.3, 0.4) is 0 Å². The molecule has 2 heterocycles. The van der Waals surface area contributed by atoms with Crippen LogP contribution >= 0.6 is 11.3 Å².